The van der Waals surface area contributed by atoms with Crippen molar-refractivity contribution in [2.45, 2.75) is 44.1 Å². The molecule has 2 aromatic heterocycles. The summed E-state index contributed by atoms with van der Waals surface area (Å²) in [5.74, 6) is 2.87. The second-order valence-electron chi connectivity index (χ2n) is 11.1. The average molecular weight is 492 g/mol. The number of amides is 2. The Bertz CT molecular complexity index is 1490. The Labute approximate surface area is 215 Å². The Morgan fingerprint density at radius 2 is 1.78 bits per heavy atom. The second kappa shape index (κ2) is 8.54. The molecule has 0 spiro atoms. The molecule has 3 unspecified atom stereocenters. The first-order valence-electron chi connectivity index (χ1n) is 13.2. The van der Waals surface area contributed by atoms with Crippen molar-refractivity contribution >= 4 is 28.5 Å². The van der Waals surface area contributed by atoms with Gasteiger partial charge < -0.3 is 15.6 Å². The topological polar surface area (TPSA) is 99.8 Å². The number of hydrogen-bond acceptors (Lipinski definition) is 4. The van der Waals surface area contributed by atoms with E-state index in [1.165, 1.54) is 19.3 Å². The fourth-order valence-electron chi connectivity index (χ4n) is 7.09. The number of nitrogens with one attached hydrogen (secondary N) is 3. The quantitative estimate of drug-likeness (QED) is 0.340. The van der Waals surface area contributed by atoms with Gasteiger partial charge in [-0.15, -0.1) is 0 Å². The largest absolute Gasteiger partial charge is 0.347 e. The van der Waals surface area contributed by atoms with Gasteiger partial charge >= 0.3 is 0 Å². The van der Waals surface area contributed by atoms with Gasteiger partial charge in [-0.05, 0) is 104 Å². The van der Waals surface area contributed by atoms with Gasteiger partial charge in [0, 0.05) is 28.6 Å². The zero-order valence-electron chi connectivity index (χ0n) is 20.5. The first-order valence-corrected chi connectivity index (χ1v) is 13.2. The van der Waals surface area contributed by atoms with E-state index < -0.39 is 0 Å². The van der Waals surface area contributed by atoms with Crippen LogP contribution in [0.25, 0.3) is 22.4 Å². The van der Waals surface area contributed by atoms with Gasteiger partial charge in [-0.25, -0.2) is 4.98 Å². The average Bonchev–Trinajstić information content (AvgIpc) is 3.41. The minimum absolute atomic E-state index is 0.00628. The number of pyridine rings is 1. The Morgan fingerprint density at radius 3 is 2.62 bits per heavy atom. The van der Waals surface area contributed by atoms with Gasteiger partial charge in [0.2, 0.25) is 0 Å². The van der Waals surface area contributed by atoms with Gasteiger partial charge in [-0.3, -0.25) is 14.6 Å². The number of fused-ring (bicyclic) bond motifs is 3. The molecule has 2 heterocycles. The third-order valence-electron chi connectivity index (χ3n) is 8.67. The molecule has 7 rings (SSSR count). The lowest BCUT2D eigenvalue weighted by atomic mass is 9.70. The molecular formula is C30H29N5O2. The molecule has 2 amide bonds. The van der Waals surface area contributed by atoms with Crippen LogP contribution < -0.4 is 10.6 Å². The lowest BCUT2D eigenvalue weighted by Crippen LogP contribution is -2.49. The predicted octanol–water partition coefficient (Wildman–Crippen LogP) is 5.58. The Balaban J connectivity index is 1.07. The summed E-state index contributed by atoms with van der Waals surface area (Å²) in [5.41, 5.74) is 4.26. The SMILES string of the molecule is O=C(NC12CC3CC[C@H](CC3C1)C2)c1ccc2nc(-c3ccc(NC(=O)c4ccccn4)cc3)[nH]c2c1. The van der Waals surface area contributed by atoms with E-state index in [0.717, 1.165) is 59.4 Å². The minimum atomic E-state index is -0.253. The lowest BCUT2D eigenvalue weighted by molar-refractivity contribution is 0.0845. The maximum absolute atomic E-state index is 13.3. The summed E-state index contributed by atoms with van der Waals surface area (Å²) < 4.78 is 0. The molecule has 3 bridgehead atoms. The van der Waals surface area contributed by atoms with Crippen LogP contribution >= 0.6 is 0 Å². The van der Waals surface area contributed by atoms with Crippen LogP contribution in [0, 0.1) is 17.8 Å². The summed E-state index contributed by atoms with van der Waals surface area (Å²) in [6, 6.07) is 18.4. The normalized spacial score (nSPS) is 25.8. The molecule has 2 aromatic carbocycles. The lowest BCUT2D eigenvalue weighted by Gasteiger charge is -2.40. The summed E-state index contributed by atoms with van der Waals surface area (Å²) in [5, 5.41) is 6.33. The van der Waals surface area contributed by atoms with Crippen LogP contribution in [0.4, 0.5) is 5.69 Å². The highest BCUT2D eigenvalue weighted by Crippen LogP contribution is 2.57. The van der Waals surface area contributed by atoms with E-state index in [2.05, 4.69) is 20.6 Å². The van der Waals surface area contributed by atoms with Gasteiger partial charge in [-0.1, -0.05) is 12.5 Å². The zero-order chi connectivity index (χ0) is 25.0. The van der Waals surface area contributed by atoms with Gasteiger partial charge in [-0.2, -0.15) is 0 Å². The van der Waals surface area contributed by atoms with E-state index >= 15 is 0 Å². The third-order valence-corrected chi connectivity index (χ3v) is 8.67. The number of H-pyrrole nitrogens is 1. The summed E-state index contributed by atoms with van der Waals surface area (Å²) in [7, 11) is 0. The highest BCUT2D eigenvalue weighted by Gasteiger charge is 2.53. The van der Waals surface area contributed by atoms with Crippen molar-refractivity contribution in [3.05, 3.63) is 78.1 Å². The van der Waals surface area contributed by atoms with E-state index in [0.29, 0.717) is 16.9 Å². The molecule has 4 aromatic rings. The fourth-order valence-corrected chi connectivity index (χ4v) is 7.09. The van der Waals surface area contributed by atoms with Crippen molar-refractivity contribution in [2.75, 3.05) is 5.32 Å². The smallest absolute Gasteiger partial charge is 0.274 e. The van der Waals surface area contributed by atoms with Crippen molar-refractivity contribution < 1.29 is 9.59 Å². The van der Waals surface area contributed by atoms with Crippen LogP contribution in [0.5, 0.6) is 0 Å². The summed E-state index contributed by atoms with van der Waals surface area (Å²) >= 11 is 0. The summed E-state index contributed by atoms with van der Waals surface area (Å²) in [6.07, 6.45) is 9.07. The van der Waals surface area contributed by atoms with Crippen LogP contribution in [-0.2, 0) is 0 Å². The maximum Gasteiger partial charge on any atom is 0.274 e. The predicted molar refractivity (Wildman–Crippen MR) is 142 cm³/mol. The number of aromatic amines is 1. The summed E-state index contributed by atoms with van der Waals surface area (Å²) in [4.78, 5) is 37.8. The van der Waals surface area contributed by atoms with Crippen molar-refractivity contribution in [2.24, 2.45) is 17.8 Å². The number of anilines is 1. The van der Waals surface area contributed by atoms with Gasteiger partial charge in [0.15, 0.2) is 0 Å². The monoisotopic (exact) mass is 491 g/mol. The first kappa shape index (κ1) is 22.2. The van der Waals surface area contributed by atoms with Crippen molar-refractivity contribution in [3.8, 4) is 11.4 Å². The second-order valence-corrected chi connectivity index (χ2v) is 11.1. The highest BCUT2D eigenvalue weighted by molar-refractivity contribution is 6.03. The molecule has 3 N–H and O–H groups in total. The van der Waals surface area contributed by atoms with Crippen molar-refractivity contribution in [1.29, 1.82) is 0 Å². The third kappa shape index (κ3) is 4.08. The molecule has 3 aliphatic carbocycles. The van der Waals surface area contributed by atoms with E-state index in [-0.39, 0.29) is 17.4 Å². The molecule has 3 saturated carbocycles. The van der Waals surface area contributed by atoms with Gasteiger partial charge in [0.05, 0.1) is 11.0 Å². The highest BCUT2D eigenvalue weighted by atomic mass is 16.2. The van der Waals surface area contributed by atoms with Crippen LogP contribution in [-0.4, -0.2) is 32.3 Å². The molecule has 7 nitrogen and oxygen atoms in total. The maximum atomic E-state index is 13.3. The summed E-state index contributed by atoms with van der Waals surface area (Å²) in [6.45, 7) is 0. The standard InChI is InChI=1S/C30H29N5O2/c36-28(35-30-15-18-4-5-21(16-30)22(13-18)17-30)20-8-11-24-26(14-20)34-27(33-24)19-6-9-23(10-7-19)32-29(37)25-3-1-2-12-31-25/h1-3,6-12,14,18,21-22H,4-5,13,15-17H2,(H,32,37)(H,33,34)(H,35,36)/t18-,21?,22?,30?/m1/s1. The Hall–Kier alpha value is -4.00. The van der Waals surface area contributed by atoms with E-state index in [4.69, 9.17) is 4.98 Å². The molecule has 186 valence electrons. The number of rotatable bonds is 5. The number of nitrogens with zero attached hydrogens (tertiary/aromatic N) is 2. The van der Waals surface area contributed by atoms with Crippen LogP contribution in [0.2, 0.25) is 0 Å². The first-order chi connectivity index (χ1) is 18.0. The van der Waals surface area contributed by atoms with Crippen molar-refractivity contribution in [1.82, 2.24) is 20.3 Å². The van der Waals surface area contributed by atoms with Crippen LogP contribution in [0.1, 0.15) is 59.4 Å². The molecule has 0 saturated heterocycles. The molecule has 37 heavy (non-hydrogen) atoms. The van der Waals surface area contributed by atoms with Gasteiger partial charge in [0.25, 0.3) is 11.8 Å². The Kier molecular flexibility index (Phi) is 5.13. The van der Waals surface area contributed by atoms with E-state index in [1.807, 2.05) is 42.5 Å². The molecule has 0 radical (unpaired) electrons. The van der Waals surface area contributed by atoms with Crippen molar-refractivity contribution in [3.63, 3.8) is 0 Å². The Morgan fingerprint density at radius 1 is 0.919 bits per heavy atom. The molecule has 3 fully saturated rings. The fraction of sp³-hybridized carbons (Fsp3) is 0.333. The number of imidazole rings is 1. The number of hydrogen-bond donors (Lipinski definition) is 3. The number of benzene rings is 2. The number of carbonyl (C=O) groups excluding carboxylic acids is 2. The minimum Gasteiger partial charge on any atom is -0.347 e. The number of aromatic nitrogens is 3. The molecule has 3 aliphatic rings. The zero-order valence-corrected chi connectivity index (χ0v) is 20.5. The number of carbonyl (C=O) groups is 2. The van der Waals surface area contributed by atoms with Gasteiger partial charge in [0.1, 0.15) is 11.5 Å². The van der Waals surface area contributed by atoms with E-state index in [1.54, 1.807) is 24.4 Å². The van der Waals surface area contributed by atoms with Crippen LogP contribution in [0.3, 0.4) is 0 Å². The molecule has 7 heteroatoms. The molecule has 0 aliphatic heterocycles. The molecule has 4 atom stereocenters. The van der Waals surface area contributed by atoms with E-state index in [9.17, 15) is 9.59 Å². The van der Waals surface area contributed by atoms with Crippen LogP contribution in [0.15, 0.2) is 66.9 Å². The molecular weight excluding hydrogens is 462 g/mol.